The van der Waals surface area contributed by atoms with Gasteiger partial charge in [0.1, 0.15) is 23.0 Å². The molecule has 4 unspecified atom stereocenters. The zero-order valence-corrected chi connectivity index (χ0v) is 37.3. The highest BCUT2D eigenvalue weighted by atomic mass is 31.2. The molecule has 0 fully saturated rings. The predicted molar refractivity (Wildman–Crippen MR) is 224 cm³/mol. The molecule has 1 aliphatic rings. The van der Waals surface area contributed by atoms with Crippen LogP contribution in [0.15, 0.2) is 48.5 Å². The highest BCUT2D eigenvalue weighted by Crippen LogP contribution is 2.51. The maximum Gasteiger partial charge on any atom is 0.332 e. The van der Waals surface area contributed by atoms with Gasteiger partial charge in [0.2, 0.25) is 0 Å². The summed E-state index contributed by atoms with van der Waals surface area (Å²) >= 11 is 0. The standard InChI is InChI=1S/C40H52O16P4/c1-5-53-57(45,46)21-25-9-29-17-31-11-26(22-58(47,48)54-6-2)13-33(38(31)42)19-35-15-28(24-60(51,52)56-8-4)16-36(40(35)44)20-34-14-27(23-59(49,50)55-7-3)12-32(39(34)43)18-30(10-25)37(29)41/h9-16,41-44H,5-8,17-24H2,1-4H3,(H,45,46)(H,47,48)(H,49,50)(H,51,52). The van der Waals surface area contributed by atoms with Gasteiger partial charge in [-0.3, -0.25) is 18.3 Å². The van der Waals surface area contributed by atoms with Gasteiger partial charge in [0.15, 0.2) is 0 Å². The van der Waals surface area contributed by atoms with Crippen LogP contribution in [0.5, 0.6) is 23.0 Å². The summed E-state index contributed by atoms with van der Waals surface area (Å²) in [5.74, 6) is -1.20. The first-order chi connectivity index (χ1) is 28.1. The van der Waals surface area contributed by atoms with Gasteiger partial charge in [-0.15, -0.1) is 0 Å². The van der Waals surface area contributed by atoms with Gasteiger partial charge in [0.25, 0.3) is 0 Å². The molecule has 20 heteroatoms. The van der Waals surface area contributed by atoms with E-state index >= 15 is 0 Å². The molecule has 0 aromatic heterocycles. The third-order valence-corrected chi connectivity index (χ3v) is 15.4. The third-order valence-electron chi connectivity index (χ3n) is 9.69. The average molecular weight is 913 g/mol. The van der Waals surface area contributed by atoms with Crippen LogP contribution in [0.3, 0.4) is 0 Å². The summed E-state index contributed by atoms with van der Waals surface area (Å²) in [7, 11) is -16.8. The smallest absolute Gasteiger partial charge is 0.332 e. The number of aromatic hydroxyl groups is 4. The Hall–Kier alpha value is -3.32. The second-order valence-corrected chi connectivity index (χ2v) is 22.0. The minimum absolute atomic E-state index is 0.0592. The molecule has 8 bridgehead atoms. The number of phenols is 4. The van der Waals surface area contributed by atoms with E-state index in [2.05, 4.69) is 0 Å². The molecular weight excluding hydrogens is 860 g/mol. The normalized spacial score (nSPS) is 16.9. The lowest BCUT2D eigenvalue weighted by Gasteiger charge is -2.21. The molecule has 0 spiro atoms. The van der Waals surface area contributed by atoms with E-state index in [1.807, 2.05) is 0 Å². The third kappa shape index (κ3) is 12.4. The Bertz CT molecular complexity index is 2010. The second kappa shape index (κ2) is 19.4. The van der Waals surface area contributed by atoms with Crippen molar-refractivity contribution in [2.24, 2.45) is 0 Å². The average Bonchev–Trinajstić information content (AvgIpc) is 3.11. The van der Waals surface area contributed by atoms with Crippen LogP contribution in [0, 0.1) is 0 Å². The lowest BCUT2D eigenvalue weighted by atomic mass is 9.89. The number of hydrogen-bond donors (Lipinski definition) is 8. The van der Waals surface area contributed by atoms with E-state index in [0.717, 1.165) is 0 Å². The Labute approximate surface area is 348 Å². The maximum atomic E-state index is 13.0. The molecule has 0 aliphatic heterocycles. The minimum Gasteiger partial charge on any atom is -0.507 e. The van der Waals surface area contributed by atoms with Crippen LogP contribution in [0.2, 0.25) is 0 Å². The first-order valence-corrected chi connectivity index (χ1v) is 26.3. The van der Waals surface area contributed by atoms with Crippen molar-refractivity contribution >= 4 is 30.4 Å². The molecule has 4 aromatic carbocycles. The molecule has 328 valence electrons. The van der Waals surface area contributed by atoms with Crippen LogP contribution >= 0.6 is 30.4 Å². The summed E-state index contributed by atoms with van der Waals surface area (Å²) in [6.45, 7) is 5.99. The Morgan fingerprint density at radius 1 is 0.367 bits per heavy atom. The van der Waals surface area contributed by atoms with E-state index < -0.39 is 55.0 Å². The van der Waals surface area contributed by atoms with Crippen LogP contribution in [0.25, 0.3) is 0 Å². The van der Waals surface area contributed by atoms with Crippen molar-refractivity contribution < 1.29 is 76.4 Å². The zero-order valence-electron chi connectivity index (χ0n) is 33.7. The Morgan fingerprint density at radius 2 is 0.517 bits per heavy atom. The molecule has 0 saturated heterocycles. The van der Waals surface area contributed by atoms with Gasteiger partial charge in [-0.25, -0.2) is 0 Å². The summed E-state index contributed by atoms with van der Waals surface area (Å²) in [4.78, 5) is 42.5. The zero-order chi connectivity index (χ0) is 44.2. The topological polar surface area (TPSA) is 267 Å². The largest absolute Gasteiger partial charge is 0.507 e. The summed E-state index contributed by atoms with van der Waals surface area (Å²) in [5, 5.41) is 47.4. The van der Waals surface area contributed by atoms with E-state index in [4.69, 9.17) is 18.1 Å². The van der Waals surface area contributed by atoms with Gasteiger partial charge in [-0.2, -0.15) is 0 Å². The summed E-state index contributed by atoms with van der Waals surface area (Å²) < 4.78 is 72.6. The monoisotopic (exact) mass is 912 g/mol. The number of fused-ring (bicyclic) bond motifs is 8. The Morgan fingerprint density at radius 3 is 0.650 bits per heavy atom. The van der Waals surface area contributed by atoms with Gasteiger partial charge in [-0.05, 0) is 94.5 Å². The number of benzene rings is 4. The fraction of sp³-hybridized carbons (Fsp3) is 0.400. The quantitative estimate of drug-likeness (QED) is 0.0435. The molecule has 1 aliphatic carbocycles. The lowest BCUT2D eigenvalue weighted by Crippen LogP contribution is -2.05. The van der Waals surface area contributed by atoms with Gasteiger partial charge in [0, 0.05) is 25.7 Å². The number of phenolic OH excluding ortho intramolecular Hbond substituents is 4. The van der Waals surface area contributed by atoms with Crippen LogP contribution in [0.4, 0.5) is 0 Å². The fourth-order valence-electron chi connectivity index (χ4n) is 7.51. The van der Waals surface area contributed by atoms with E-state index in [1.165, 1.54) is 48.5 Å². The molecule has 4 aromatic rings. The van der Waals surface area contributed by atoms with Crippen LogP contribution in [-0.2, 0) is 86.7 Å². The first-order valence-electron chi connectivity index (χ1n) is 19.3. The molecule has 0 amide bonds. The van der Waals surface area contributed by atoms with Crippen LogP contribution in [-0.4, -0.2) is 66.4 Å². The molecule has 0 saturated carbocycles. The van der Waals surface area contributed by atoms with Gasteiger partial charge in [-0.1, -0.05) is 48.5 Å². The molecule has 60 heavy (non-hydrogen) atoms. The molecule has 5 rings (SSSR count). The van der Waals surface area contributed by atoms with Gasteiger partial charge in [0.05, 0.1) is 51.1 Å². The summed E-state index contributed by atoms with van der Waals surface area (Å²) in [6, 6.07) is 11.7. The highest BCUT2D eigenvalue weighted by molar-refractivity contribution is 7.52. The fourth-order valence-corrected chi connectivity index (χ4v) is 12.1. The molecule has 0 heterocycles. The van der Waals surface area contributed by atoms with Crippen molar-refractivity contribution in [3.05, 3.63) is 115 Å². The van der Waals surface area contributed by atoms with Gasteiger partial charge < -0.3 is 58.1 Å². The van der Waals surface area contributed by atoms with Crippen molar-refractivity contribution in [2.75, 3.05) is 26.4 Å². The van der Waals surface area contributed by atoms with Gasteiger partial charge >= 0.3 is 30.4 Å². The molecule has 4 atom stereocenters. The maximum absolute atomic E-state index is 13.0. The summed E-state index contributed by atoms with van der Waals surface area (Å²) in [6.07, 6.45) is -2.81. The van der Waals surface area contributed by atoms with Crippen molar-refractivity contribution in [3.8, 4) is 23.0 Å². The highest BCUT2D eigenvalue weighted by Gasteiger charge is 2.28. The van der Waals surface area contributed by atoms with E-state index in [0.29, 0.717) is 0 Å². The molecule has 8 N–H and O–H groups in total. The summed E-state index contributed by atoms with van der Waals surface area (Å²) in [5.41, 5.74) is 2.35. The van der Waals surface area contributed by atoms with Crippen LogP contribution < -0.4 is 0 Å². The molecular formula is C40H52O16P4. The minimum atomic E-state index is -4.20. The van der Waals surface area contributed by atoms with Crippen LogP contribution in [0.1, 0.15) is 94.5 Å². The van der Waals surface area contributed by atoms with E-state index in [1.54, 1.807) is 27.7 Å². The van der Waals surface area contributed by atoms with Crippen molar-refractivity contribution in [1.82, 2.24) is 0 Å². The lowest BCUT2D eigenvalue weighted by molar-refractivity contribution is 0.271. The Kier molecular flexibility index (Phi) is 15.4. The van der Waals surface area contributed by atoms with Crippen molar-refractivity contribution in [1.29, 1.82) is 0 Å². The number of hydrogen-bond acceptors (Lipinski definition) is 12. The first kappa shape index (κ1) is 47.7. The molecule has 0 radical (unpaired) electrons. The van der Waals surface area contributed by atoms with Crippen molar-refractivity contribution in [3.63, 3.8) is 0 Å². The van der Waals surface area contributed by atoms with E-state index in [9.17, 15) is 58.3 Å². The Balaban J connectivity index is 1.83. The van der Waals surface area contributed by atoms with E-state index in [-0.39, 0.29) is 142 Å². The molecule has 16 nitrogen and oxygen atoms in total. The second-order valence-electron chi connectivity index (χ2n) is 14.6. The predicted octanol–water partition coefficient (Wildman–Crippen LogP) is 8.07. The SMILES string of the molecule is CCOP(=O)(O)Cc1cc2c(O)c(c1)Cc1cc(CP(=O)(O)OCC)cc(c1O)Cc1cc(CP(=O)(O)OCC)cc(c1O)Cc1cc(CP(=O)(O)OCC)cc(c1O)C2. The van der Waals surface area contributed by atoms with Crippen molar-refractivity contribution in [2.45, 2.75) is 78.0 Å². The number of rotatable bonds is 16.